The normalized spacial score (nSPS) is 11.8. The highest BCUT2D eigenvalue weighted by Crippen LogP contribution is 2.27. The number of nitrogens with zero attached hydrogens (tertiary/aromatic N) is 1. The van der Waals surface area contributed by atoms with Gasteiger partial charge in [0.15, 0.2) is 0 Å². The second-order valence-electron chi connectivity index (χ2n) is 7.03. The summed E-state index contributed by atoms with van der Waals surface area (Å²) in [4.78, 5) is 27.6. The molecule has 1 atom stereocenters. The zero-order valence-electron chi connectivity index (χ0n) is 17.3. The molecule has 0 radical (unpaired) electrons. The first kappa shape index (κ1) is 24.5. The largest absolute Gasteiger partial charge is 0.354 e. The summed E-state index contributed by atoms with van der Waals surface area (Å²) in [6.07, 6.45) is 2.01. The Morgan fingerprint density at radius 3 is 2.20 bits per heavy atom. The fourth-order valence-corrected chi connectivity index (χ4v) is 3.97. The van der Waals surface area contributed by atoms with Gasteiger partial charge >= 0.3 is 0 Å². The Kier molecular flexibility index (Phi) is 9.96. The summed E-state index contributed by atoms with van der Waals surface area (Å²) in [5.74, 6) is -0.321. The quantitative estimate of drug-likeness (QED) is 0.470. The first-order valence-electron chi connectivity index (χ1n) is 10.1. The van der Waals surface area contributed by atoms with Crippen LogP contribution in [0.2, 0.25) is 15.1 Å². The van der Waals surface area contributed by atoms with Gasteiger partial charge in [0.05, 0.1) is 0 Å². The van der Waals surface area contributed by atoms with Crippen LogP contribution in [0.15, 0.2) is 42.5 Å². The molecular formula is C23H27Cl3N2O2. The molecule has 0 fully saturated rings. The van der Waals surface area contributed by atoms with Crippen molar-refractivity contribution in [1.29, 1.82) is 0 Å². The van der Waals surface area contributed by atoms with Crippen LogP contribution in [0, 0.1) is 0 Å². The molecule has 2 aromatic carbocycles. The summed E-state index contributed by atoms with van der Waals surface area (Å²) >= 11 is 18.9. The molecule has 7 heteroatoms. The zero-order valence-corrected chi connectivity index (χ0v) is 19.5. The van der Waals surface area contributed by atoms with Gasteiger partial charge in [-0.2, -0.15) is 0 Å². The summed E-state index contributed by atoms with van der Waals surface area (Å²) in [6.45, 7) is 4.60. The van der Waals surface area contributed by atoms with Crippen molar-refractivity contribution >= 4 is 46.6 Å². The molecule has 0 aliphatic heterocycles. The lowest BCUT2D eigenvalue weighted by atomic mass is 10.1. The predicted octanol–water partition coefficient (Wildman–Crippen LogP) is 5.91. The van der Waals surface area contributed by atoms with Crippen molar-refractivity contribution in [2.75, 3.05) is 6.54 Å². The monoisotopic (exact) mass is 468 g/mol. The molecule has 1 N–H and O–H groups in total. The molecule has 0 saturated carbocycles. The average Bonchev–Trinajstić information content (AvgIpc) is 2.73. The molecule has 2 amide bonds. The van der Waals surface area contributed by atoms with Crippen LogP contribution in [-0.2, 0) is 22.6 Å². The Labute approximate surface area is 193 Å². The van der Waals surface area contributed by atoms with Crippen molar-refractivity contribution < 1.29 is 9.59 Å². The first-order valence-corrected chi connectivity index (χ1v) is 11.3. The van der Waals surface area contributed by atoms with E-state index in [-0.39, 0.29) is 24.8 Å². The van der Waals surface area contributed by atoms with Crippen LogP contribution in [0.4, 0.5) is 0 Å². The Morgan fingerprint density at radius 2 is 1.60 bits per heavy atom. The van der Waals surface area contributed by atoms with Gasteiger partial charge in [0.1, 0.15) is 6.04 Å². The third-order valence-corrected chi connectivity index (χ3v) is 5.97. The lowest BCUT2D eigenvalue weighted by Gasteiger charge is -2.31. The second kappa shape index (κ2) is 12.2. The van der Waals surface area contributed by atoms with Gasteiger partial charge in [0.2, 0.25) is 11.8 Å². The van der Waals surface area contributed by atoms with E-state index in [1.54, 1.807) is 29.2 Å². The SMILES string of the molecule is CCCNC(=O)[C@@H](CC)N(Cc1c(Cl)cccc1Cl)C(=O)CCc1ccccc1Cl. The van der Waals surface area contributed by atoms with Crippen LogP contribution in [0.5, 0.6) is 0 Å². The molecule has 0 aliphatic carbocycles. The maximum Gasteiger partial charge on any atom is 0.242 e. The van der Waals surface area contributed by atoms with E-state index in [1.807, 2.05) is 32.0 Å². The summed E-state index contributed by atoms with van der Waals surface area (Å²) < 4.78 is 0. The van der Waals surface area contributed by atoms with E-state index >= 15 is 0 Å². The number of nitrogens with one attached hydrogen (secondary N) is 1. The van der Waals surface area contributed by atoms with Gasteiger partial charge in [-0.1, -0.05) is 72.9 Å². The third-order valence-electron chi connectivity index (χ3n) is 4.89. The van der Waals surface area contributed by atoms with E-state index in [4.69, 9.17) is 34.8 Å². The molecule has 0 bridgehead atoms. The van der Waals surface area contributed by atoms with Gasteiger partial charge in [0.25, 0.3) is 0 Å². The Hall–Kier alpha value is -1.75. The number of amides is 2. The highest BCUT2D eigenvalue weighted by Gasteiger charge is 2.29. The smallest absolute Gasteiger partial charge is 0.242 e. The van der Waals surface area contributed by atoms with Gasteiger partial charge in [-0.25, -0.2) is 0 Å². The molecular weight excluding hydrogens is 443 g/mol. The highest BCUT2D eigenvalue weighted by molar-refractivity contribution is 6.36. The zero-order chi connectivity index (χ0) is 22.1. The molecule has 4 nitrogen and oxygen atoms in total. The molecule has 0 aromatic heterocycles. The molecule has 2 aromatic rings. The van der Waals surface area contributed by atoms with E-state index in [0.717, 1.165) is 12.0 Å². The Morgan fingerprint density at radius 1 is 0.967 bits per heavy atom. The van der Waals surface area contributed by atoms with Crippen molar-refractivity contribution in [1.82, 2.24) is 10.2 Å². The van der Waals surface area contributed by atoms with E-state index < -0.39 is 6.04 Å². The molecule has 162 valence electrons. The van der Waals surface area contributed by atoms with Crippen LogP contribution >= 0.6 is 34.8 Å². The molecule has 0 unspecified atom stereocenters. The van der Waals surface area contributed by atoms with Gasteiger partial charge in [-0.3, -0.25) is 9.59 Å². The van der Waals surface area contributed by atoms with E-state index in [0.29, 0.717) is 40.0 Å². The number of hydrogen-bond acceptors (Lipinski definition) is 2. The van der Waals surface area contributed by atoms with Crippen LogP contribution in [0.1, 0.15) is 44.2 Å². The van der Waals surface area contributed by atoms with Crippen LogP contribution in [0.25, 0.3) is 0 Å². The van der Waals surface area contributed by atoms with Gasteiger partial charge < -0.3 is 10.2 Å². The standard InChI is InChI=1S/C23H27Cl3N2O2/c1-3-14-27-23(30)21(4-2)28(15-17-19(25)10-7-11-20(17)26)22(29)13-12-16-8-5-6-9-18(16)24/h5-11,21H,3-4,12-15H2,1-2H3,(H,27,30)/t21-/m1/s1. The fraction of sp³-hybridized carbons (Fsp3) is 0.391. The minimum atomic E-state index is -0.609. The number of carbonyl (C=O) groups excluding carboxylic acids is 2. The first-order chi connectivity index (χ1) is 14.4. The molecule has 0 spiro atoms. The second-order valence-corrected chi connectivity index (χ2v) is 8.25. The van der Waals surface area contributed by atoms with Crippen LogP contribution < -0.4 is 5.32 Å². The number of carbonyl (C=O) groups is 2. The van der Waals surface area contributed by atoms with E-state index in [9.17, 15) is 9.59 Å². The summed E-state index contributed by atoms with van der Waals surface area (Å²) in [6, 6.07) is 12.0. The number of benzene rings is 2. The average molecular weight is 470 g/mol. The molecule has 2 rings (SSSR count). The number of halogens is 3. The van der Waals surface area contributed by atoms with Crippen LogP contribution in [0.3, 0.4) is 0 Å². The van der Waals surface area contributed by atoms with Gasteiger partial charge in [-0.15, -0.1) is 0 Å². The molecule has 0 heterocycles. The van der Waals surface area contributed by atoms with Crippen molar-refractivity contribution in [2.24, 2.45) is 0 Å². The predicted molar refractivity (Wildman–Crippen MR) is 124 cm³/mol. The number of hydrogen-bond donors (Lipinski definition) is 1. The van der Waals surface area contributed by atoms with Crippen molar-refractivity contribution in [2.45, 2.75) is 52.1 Å². The number of aryl methyl sites for hydroxylation is 1. The fourth-order valence-electron chi connectivity index (χ4n) is 3.23. The molecule has 30 heavy (non-hydrogen) atoms. The summed E-state index contributed by atoms with van der Waals surface area (Å²) in [5, 5.41) is 4.46. The van der Waals surface area contributed by atoms with Crippen molar-refractivity contribution in [3.8, 4) is 0 Å². The topological polar surface area (TPSA) is 49.4 Å². The third kappa shape index (κ3) is 6.63. The Bertz CT molecular complexity index is 853. The lowest BCUT2D eigenvalue weighted by molar-refractivity contribution is -0.141. The minimum Gasteiger partial charge on any atom is -0.354 e. The molecule has 0 aliphatic rings. The van der Waals surface area contributed by atoms with Crippen molar-refractivity contribution in [3.63, 3.8) is 0 Å². The van der Waals surface area contributed by atoms with Crippen molar-refractivity contribution in [3.05, 3.63) is 68.7 Å². The Balaban J connectivity index is 2.27. The maximum atomic E-state index is 13.3. The van der Waals surface area contributed by atoms with E-state index in [2.05, 4.69) is 5.32 Å². The summed E-state index contributed by atoms with van der Waals surface area (Å²) in [7, 11) is 0. The van der Waals surface area contributed by atoms with Crippen LogP contribution in [-0.4, -0.2) is 29.3 Å². The maximum absolute atomic E-state index is 13.3. The summed E-state index contributed by atoms with van der Waals surface area (Å²) in [5.41, 5.74) is 1.53. The van der Waals surface area contributed by atoms with Gasteiger partial charge in [0, 0.05) is 40.1 Å². The minimum absolute atomic E-state index is 0.149. The lowest BCUT2D eigenvalue weighted by Crippen LogP contribution is -2.49. The number of rotatable bonds is 10. The molecule has 0 saturated heterocycles. The van der Waals surface area contributed by atoms with Gasteiger partial charge in [-0.05, 0) is 43.0 Å². The van der Waals surface area contributed by atoms with E-state index in [1.165, 1.54) is 0 Å². The highest BCUT2D eigenvalue weighted by atomic mass is 35.5.